The topological polar surface area (TPSA) is 63.4 Å². The van der Waals surface area contributed by atoms with Crippen molar-refractivity contribution in [2.24, 2.45) is 5.73 Å². The van der Waals surface area contributed by atoms with Gasteiger partial charge >= 0.3 is 0 Å². The van der Waals surface area contributed by atoms with E-state index in [4.69, 9.17) is 5.73 Å². The van der Waals surface area contributed by atoms with Gasteiger partial charge in [-0.15, -0.1) is 0 Å². The minimum absolute atomic E-state index is 0.0490. The average Bonchev–Trinajstić information content (AvgIpc) is 2.91. The van der Waals surface area contributed by atoms with E-state index in [-0.39, 0.29) is 11.8 Å². The summed E-state index contributed by atoms with van der Waals surface area (Å²) in [6.07, 6.45) is 4.22. The average molecular weight is 282 g/mol. The molecule has 1 aliphatic carbocycles. The monoisotopic (exact) mass is 282 g/mol. The molecule has 0 spiro atoms. The minimum Gasteiger partial charge on any atom is -0.326 e. The summed E-state index contributed by atoms with van der Waals surface area (Å²) in [6.45, 7) is 0.374. The largest absolute Gasteiger partial charge is 0.326 e. The second-order valence-corrected chi connectivity index (χ2v) is 7.21. The molecule has 1 fully saturated rings. The van der Waals surface area contributed by atoms with E-state index in [1.54, 1.807) is 11.4 Å². The summed E-state index contributed by atoms with van der Waals surface area (Å²) in [4.78, 5) is 0. The fourth-order valence-electron chi connectivity index (χ4n) is 2.69. The van der Waals surface area contributed by atoms with Crippen LogP contribution in [0, 0.1) is 0 Å². The Balaban J connectivity index is 2.16. The molecule has 0 amide bonds. The lowest BCUT2D eigenvalue weighted by Gasteiger charge is -2.24. The highest BCUT2D eigenvalue weighted by Crippen LogP contribution is 2.26. The fraction of sp³-hybridized carbons (Fsp3) is 0.571. The summed E-state index contributed by atoms with van der Waals surface area (Å²) in [6, 6.07) is 7.66. The van der Waals surface area contributed by atoms with Crippen LogP contribution in [0.1, 0.15) is 36.8 Å². The van der Waals surface area contributed by atoms with Crippen molar-refractivity contribution in [2.75, 3.05) is 7.05 Å². The zero-order valence-electron chi connectivity index (χ0n) is 11.4. The number of rotatable bonds is 5. The van der Waals surface area contributed by atoms with Gasteiger partial charge in [0.15, 0.2) is 0 Å². The maximum Gasteiger partial charge on any atom is 0.218 e. The lowest BCUT2D eigenvalue weighted by Crippen LogP contribution is -2.36. The molecular weight excluding hydrogens is 260 g/mol. The van der Waals surface area contributed by atoms with Gasteiger partial charge in [-0.05, 0) is 24.0 Å². The third kappa shape index (κ3) is 3.35. The van der Waals surface area contributed by atoms with E-state index in [9.17, 15) is 8.42 Å². The first-order valence-corrected chi connectivity index (χ1v) is 8.38. The van der Waals surface area contributed by atoms with Gasteiger partial charge in [-0.2, -0.15) is 0 Å². The Hall–Kier alpha value is -0.910. The van der Waals surface area contributed by atoms with Gasteiger partial charge in [0.2, 0.25) is 10.0 Å². The molecule has 0 saturated heterocycles. The van der Waals surface area contributed by atoms with Crippen LogP contribution in [-0.4, -0.2) is 25.8 Å². The summed E-state index contributed by atoms with van der Waals surface area (Å²) in [5.41, 5.74) is 7.38. The molecule has 106 valence electrons. The number of hydrogen-bond acceptors (Lipinski definition) is 3. The van der Waals surface area contributed by atoms with Crippen LogP contribution in [0.3, 0.4) is 0 Å². The van der Waals surface area contributed by atoms with Crippen molar-refractivity contribution in [3.63, 3.8) is 0 Å². The smallest absolute Gasteiger partial charge is 0.218 e. The molecule has 1 aromatic rings. The third-order valence-electron chi connectivity index (χ3n) is 3.95. The summed E-state index contributed by atoms with van der Waals surface area (Å²) in [5, 5.41) is 0. The number of nitrogens with zero attached hydrogens (tertiary/aromatic N) is 1. The number of hydrogen-bond donors (Lipinski definition) is 1. The van der Waals surface area contributed by atoms with Crippen molar-refractivity contribution < 1.29 is 8.42 Å². The first kappa shape index (κ1) is 14.5. The molecule has 0 atom stereocenters. The molecule has 0 unspecified atom stereocenters. The SMILES string of the molecule is CN(C1CCCC1)S(=O)(=O)Cc1ccccc1CN. The predicted octanol–water partition coefficient (Wildman–Crippen LogP) is 1.85. The van der Waals surface area contributed by atoms with Crippen LogP contribution in [-0.2, 0) is 22.3 Å². The molecule has 19 heavy (non-hydrogen) atoms. The van der Waals surface area contributed by atoms with Gasteiger partial charge in [0.1, 0.15) is 0 Å². The van der Waals surface area contributed by atoms with Crippen LogP contribution in [0.5, 0.6) is 0 Å². The van der Waals surface area contributed by atoms with E-state index >= 15 is 0 Å². The number of sulfonamides is 1. The normalized spacial score (nSPS) is 17.2. The summed E-state index contributed by atoms with van der Waals surface area (Å²) in [7, 11) is -1.55. The maximum absolute atomic E-state index is 12.4. The Morgan fingerprint density at radius 3 is 2.37 bits per heavy atom. The van der Waals surface area contributed by atoms with E-state index < -0.39 is 10.0 Å². The van der Waals surface area contributed by atoms with Crippen LogP contribution in [0.25, 0.3) is 0 Å². The molecule has 1 saturated carbocycles. The predicted molar refractivity (Wildman–Crippen MR) is 77.0 cm³/mol. The molecule has 0 aromatic heterocycles. The molecule has 0 bridgehead atoms. The van der Waals surface area contributed by atoms with Crippen LogP contribution in [0.4, 0.5) is 0 Å². The Labute approximate surface area is 115 Å². The number of nitrogens with two attached hydrogens (primary N) is 1. The molecule has 1 aromatic carbocycles. The zero-order valence-corrected chi connectivity index (χ0v) is 12.2. The fourth-order valence-corrected chi connectivity index (χ4v) is 4.23. The summed E-state index contributed by atoms with van der Waals surface area (Å²) in [5.74, 6) is 0.0490. The lowest BCUT2D eigenvalue weighted by atomic mass is 10.1. The molecule has 1 aliphatic rings. The molecule has 2 N–H and O–H groups in total. The Morgan fingerprint density at radius 1 is 1.21 bits per heavy atom. The quantitative estimate of drug-likeness (QED) is 0.896. The van der Waals surface area contributed by atoms with Crippen LogP contribution >= 0.6 is 0 Å². The zero-order chi connectivity index (χ0) is 13.9. The van der Waals surface area contributed by atoms with Crippen molar-refractivity contribution in [3.8, 4) is 0 Å². The second-order valence-electron chi connectivity index (χ2n) is 5.18. The second kappa shape index (κ2) is 6.03. The van der Waals surface area contributed by atoms with Gasteiger partial charge in [-0.1, -0.05) is 37.1 Å². The van der Waals surface area contributed by atoms with E-state index in [1.807, 2.05) is 24.3 Å². The minimum atomic E-state index is -3.25. The van der Waals surface area contributed by atoms with Crippen molar-refractivity contribution in [1.29, 1.82) is 0 Å². The summed E-state index contributed by atoms with van der Waals surface area (Å²) >= 11 is 0. The molecule has 0 radical (unpaired) electrons. The van der Waals surface area contributed by atoms with E-state index in [0.29, 0.717) is 6.54 Å². The van der Waals surface area contributed by atoms with E-state index in [2.05, 4.69) is 0 Å². The van der Waals surface area contributed by atoms with E-state index in [0.717, 1.165) is 36.8 Å². The van der Waals surface area contributed by atoms with Gasteiger partial charge in [0.25, 0.3) is 0 Å². The van der Waals surface area contributed by atoms with Crippen LogP contribution in [0.15, 0.2) is 24.3 Å². The van der Waals surface area contributed by atoms with Crippen molar-refractivity contribution >= 4 is 10.0 Å². The molecule has 2 rings (SSSR count). The van der Waals surface area contributed by atoms with Crippen molar-refractivity contribution in [1.82, 2.24) is 4.31 Å². The number of benzene rings is 1. The standard InChI is InChI=1S/C14H22N2O2S/c1-16(14-8-4-5-9-14)19(17,18)11-13-7-3-2-6-12(13)10-15/h2-3,6-7,14H,4-5,8-11,15H2,1H3. The van der Waals surface area contributed by atoms with Gasteiger partial charge in [0.05, 0.1) is 5.75 Å². The highest BCUT2D eigenvalue weighted by Gasteiger charge is 2.29. The van der Waals surface area contributed by atoms with E-state index in [1.165, 1.54) is 0 Å². The highest BCUT2D eigenvalue weighted by atomic mass is 32.2. The van der Waals surface area contributed by atoms with Gasteiger partial charge in [-0.3, -0.25) is 0 Å². The van der Waals surface area contributed by atoms with Crippen LogP contribution < -0.4 is 5.73 Å². The molecule has 5 heteroatoms. The summed E-state index contributed by atoms with van der Waals surface area (Å²) < 4.78 is 26.4. The van der Waals surface area contributed by atoms with Gasteiger partial charge in [-0.25, -0.2) is 12.7 Å². The van der Waals surface area contributed by atoms with Crippen molar-refractivity contribution in [3.05, 3.63) is 35.4 Å². The molecular formula is C14H22N2O2S. The van der Waals surface area contributed by atoms with Crippen LogP contribution in [0.2, 0.25) is 0 Å². The Morgan fingerprint density at radius 2 is 1.79 bits per heavy atom. The lowest BCUT2D eigenvalue weighted by molar-refractivity contribution is 0.372. The molecule has 4 nitrogen and oxygen atoms in total. The van der Waals surface area contributed by atoms with Crippen molar-refractivity contribution in [2.45, 2.75) is 44.0 Å². The molecule has 0 aliphatic heterocycles. The third-order valence-corrected chi connectivity index (χ3v) is 5.81. The maximum atomic E-state index is 12.4. The first-order chi connectivity index (χ1) is 9.04. The van der Waals surface area contributed by atoms with Gasteiger partial charge in [0, 0.05) is 19.6 Å². The highest BCUT2D eigenvalue weighted by molar-refractivity contribution is 7.88. The Kier molecular flexibility index (Phi) is 4.60. The Bertz CT molecular complexity index is 522. The first-order valence-electron chi connectivity index (χ1n) is 6.77. The van der Waals surface area contributed by atoms with Gasteiger partial charge < -0.3 is 5.73 Å². The molecule has 0 heterocycles.